The Kier molecular flexibility index (Phi) is 4.73. The first-order valence-electron chi connectivity index (χ1n) is 8.10. The molecule has 0 bridgehead atoms. The van der Waals surface area contributed by atoms with Crippen molar-refractivity contribution in [3.8, 4) is 11.1 Å². The highest BCUT2D eigenvalue weighted by Crippen LogP contribution is 2.33. The molecular weight excluding hydrogens is 276 g/mol. The van der Waals surface area contributed by atoms with Gasteiger partial charge in [-0.3, -0.25) is 0 Å². The van der Waals surface area contributed by atoms with Gasteiger partial charge in [-0.15, -0.1) is 0 Å². The van der Waals surface area contributed by atoms with E-state index in [1.54, 1.807) is 0 Å². The Morgan fingerprint density at radius 2 is 1.30 bits per heavy atom. The molecule has 0 heteroatoms. The predicted octanol–water partition coefficient (Wildman–Crippen LogP) is 6.31. The van der Waals surface area contributed by atoms with E-state index in [0.717, 1.165) is 6.42 Å². The molecule has 1 aliphatic rings. The molecule has 0 saturated heterocycles. The molecule has 0 radical (unpaired) electrons. The van der Waals surface area contributed by atoms with Crippen molar-refractivity contribution in [2.75, 3.05) is 0 Å². The minimum atomic E-state index is 1.11. The second-order valence-corrected chi connectivity index (χ2v) is 6.07. The van der Waals surface area contributed by atoms with Gasteiger partial charge in [0.25, 0.3) is 0 Å². The maximum absolute atomic E-state index is 2.32. The number of allylic oxidation sites excluding steroid dienone is 1. The van der Waals surface area contributed by atoms with Gasteiger partial charge in [-0.05, 0) is 42.5 Å². The lowest BCUT2D eigenvalue weighted by Gasteiger charge is -2.07. The van der Waals surface area contributed by atoms with E-state index in [1.165, 1.54) is 33.4 Å². The zero-order valence-electron chi connectivity index (χ0n) is 13.8. The third-order valence-corrected chi connectivity index (χ3v) is 4.08. The summed E-state index contributed by atoms with van der Waals surface area (Å²) in [6.07, 6.45) is 3.42. The van der Waals surface area contributed by atoms with E-state index in [0.29, 0.717) is 0 Å². The van der Waals surface area contributed by atoms with Gasteiger partial charge < -0.3 is 0 Å². The van der Waals surface area contributed by atoms with Gasteiger partial charge in [0.05, 0.1) is 0 Å². The summed E-state index contributed by atoms with van der Waals surface area (Å²) in [4.78, 5) is 0. The maximum Gasteiger partial charge on any atom is -0.00604 e. The summed E-state index contributed by atoms with van der Waals surface area (Å²) in [5, 5.41) is 0. The highest BCUT2D eigenvalue weighted by atomic mass is 14.2. The summed E-state index contributed by atoms with van der Waals surface area (Å²) in [6.45, 7) is 4.29. The van der Waals surface area contributed by atoms with Crippen molar-refractivity contribution in [3.63, 3.8) is 0 Å². The minimum Gasteiger partial charge on any atom is -0.0683 e. The van der Waals surface area contributed by atoms with Crippen LogP contribution in [0.5, 0.6) is 0 Å². The molecule has 4 rings (SSSR count). The molecule has 114 valence electrons. The van der Waals surface area contributed by atoms with Gasteiger partial charge in [0.15, 0.2) is 0 Å². The van der Waals surface area contributed by atoms with E-state index in [-0.39, 0.29) is 0 Å². The van der Waals surface area contributed by atoms with Gasteiger partial charge in [0.2, 0.25) is 0 Å². The van der Waals surface area contributed by atoms with Gasteiger partial charge in [-0.25, -0.2) is 0 Å². The third kappa shape index (κ3) is 3.78. The van der Waals surface area contributed by atoms with Crippen molar-refractivity contribution < 1.29 is 0 Å². The number of hydrogen-bond acceptors (Lipinski definition) is 0. The minimum absolute atomic E-state index is 1.11. The molecule has 0 heterocycles. The van der Waals surface area contributed by atoms with Crippen molar-refractivity contribution in [2.45, 2.75) is 20.3 Å². The molecule has 0 spiro atoms. The Hall–Kier alpha value is -2.60. The van der Waals surface area contributed by atoms with Crippen molar-refractivity contribution in [1.29, 1.82) is 0 Å². The van der Waals surface area contributed by atoms with Gasteiger partial charge in [0.1, 0.15) is 0 Å². The van der Waals surface area contributed by atoms with Crippen LogP contribution < -0.4 is 0 Å². The largest absolute Gasteiger partial charge is 0.0683 e. The number of benzene rings is 3. The van der Waals surface area contributed by atoms with Crippen LogP contribution in [0.2, 0.25) is 0 Å². The van der Waals surface area contributed by atoms with Gasteiger partial charge in [-0.2, -0.15) is 0 Å². The van der Waals surface area contributed by atoms with Crippen LogP contribution in [-0.4, -0.2) is 0 Å². The number of hydrogen-bond donors (Lipinski definition) is 0. The Morgan fingerprint density at radius 1 is 0.652 bits per heavy atom. The van der Waals surface area contributed by atoms with Crippen LogP contribution >= 0.6 is 0 Å². The van der Waals surface area contributed by atoms with Crippen molar-refractivity contribution >= 4 is 6.08 Å². The lowest BCUT2D eigenvalue weighted by molar-refractivity contribution is 1.20. The molecule has 0 amide bonds. The van der Waals surface area contributed by atoms with E-state index in [4.69, 9.17) is 0 Å². The zero-order chi connectivity index (χ0) is 16.1. The molecule has 23 heavy (non-hydrogen) atoms. The number of fused-ring (bicyclic) bond motifs is 1. The maximum atomic E-state index is 2.32. The normalized spacial score (nSPS) is 12.0. The smallest absolute Gasteiger partial charge is 0.00604 e. The van der Waals surface area contributed by atoms with Crippen LogP contribution in [0.25, 0.3) is 17.2 Å². The second kappa shape index (κ2) is 7.11. The Balaban J connectivity index is 0.000000188. The number of aryl methyl sites for hydroxylation is 1. The molecule has 0 atom stereocenters. The second-order valence-electron chi connectivity index (χ2n) is 6.07. The first-order chi connectivity index (χ1) is 11.2. The molecule has 0 aliphatic heterocycles. The molecule has 0 N–H and O–H groups in total. The lowest BCUT2D eigenvalue weighted by atomic mass is 9.97. The Bertz CT molecular complexity index is 796. The average molecular weight is 298 g/mol. The Labute approximate surface area is 139 Å². The van der Waals surface area contributed by atoms with E-state index in [9.17, 15) is 0 Å². The van der Waals surface area contributed by atoms with Crippen LogP contribution in [0.3, 0.4) is 0 Å². The van der Waals surface area contributed by atoms with E-state index in [2.05, 4.69) is 80.6 Å². The fourth-order valence-electron chi connectivity index (χ4n) is 2.94. The third-order valence-electron chi connectivity index (χ3n) is 4.08. The molecule has 0 fully saturated rings. The fraction of sp³-hybridized carbons (Fsp3) is 0.130. The predicted molar refractivity (Wildman–Crippen MR) is 100 cm³/mol. The zero-order valence-corrected chi connectivity index (χ0v) is 13.8. The van der Waals surface area contributed by atoms with E-state index < -0.39 is 0 Å². The quantitative estimate of drug-likeness (QED) is 0.494. The standard InChI is InChI=1S/C16H14.C7H8/c1-12-10-14-8-5-9-15(16(14)11-12)13-6-3-2-4-7-13;1-7-5-3-2-4-6-7/h2-9,11H,10H2,1H3;2-6H,1H3. The van der Waals surface area contributed by atoms with Gasteiger partial charge in [-0.1, -0.05) is 96.1 Å². The van der Waals surface area contributed by atoms with Crippen molar-refractivity contribution in [3.05, 3.63) is 101 Å². The monoisotopic (exact) mass is 298 g/mol. The summed E-state index contributed by atoms with van der Waals surface area (Å²) in [6, 6.07) is 27.5. The number of rotatable bonds is 1. The lowest BCUT2D eigenvalue weighted by Crippen LogP contribution is -1.86. The van der Waals surface area contributed by atoms with Crippen molar-refractivity contribution in [1.82, 2.24) is 0 Å². The van der Waals surface area contributed by atoms with Gasteiger partial charge in [0, 0.05) is 0 Å². The fourth-order valence-corrected chi connectivity index (χ4v) is 2.94. The first kappa shape index (κ1) is 15.3. The molecule has 3 aromatic rings. The van der Waals surface area contributed by atoms with Crippen LogP contribution in [-0.2, 0) is 6.42 Å². The van der Waals surface area contributed by atoms with Gasteiger partial charge >= 0.3 is 0 Å². The molecule has 0 aromatic heterocycles. The van der Waals surface area contributed by atoms with Crippen LogP contribution in [0.1, 0.15) is 23.6 Å². The first-order valence-corrected chi connectivity index (χ1v) is 8.10. The van der Waals surface area contributed by atoms with Crippen LogP contribution in [0.15, 0.2) is 84.4 Å². The van der Waals surface area contributed by atoms with E-state index >= 15 is 0 Å². The summed E-state index contributed by atoms with van der Waals surface area (Å²) >= 11 is 0. The molecular formula is C23H22. The molecule has 0 nitrogen and oxygen atoms in total. The molecule has 1 aliphatic carbocycles. The average Bonchev–Trinajstić information content (AvgIpc) is 2.97. The highest BCUT2D eigenvalue weighted by Gasteiger charge is 2.13. The molecule has 3 aromatic carbocycles. The summed E-state index contributed by atoms with van der Waals surface area (Å²) in [5.41, 5.74) is 8.31. The highest BCUT2D eigenvalue weighted by molar-refractivity contribution is 5.80. The summed E-state index contributed by atoms with van der Waals surface area (Å²) in [7, 11) is 0. The summed E-state index contributed by atoms with van der Waals surface area (Å²) < 4.78 is 0. The van der Waals surface area contributed by atoms with Crippen LogP contribution in [0, 0.1) is 6.92 Å². The Morgan fingerprint density at radius 3 is 1.91 bits per heavy atom. The molecule has 0 unspecified atom stereocenters. The van der Waals surface area contributed by atoms with Crippen LogP contribution in [0.4, 0.5) is 0 Å². The summed E-state index contributed by atoms with van der Waals surface area (Å²) in [5.74, 6) is 0. The molecule has 0 saturated carbocycles. The van der Waals surface area contributed by atoms with Crippen molar-refractivity contribution in [2.24, 2.45) is 0 Å². The van der Waals surface area contributed by atoms with E-state index in [1.807, 2.05) is 18.2 Å². The SMILES string of the molecule is CC1=Cc2c(cccc2-c2ccccc2)C1.Cc1ccccc1. The topological polar surface area (TPSA) is 0 Å².